The van der Waals surface area contributed by atoms with Crippen molar-refractivity contribution < 1.29 is 42.7 Å². The van der Waals surface area contributed by atoms with E-state index in [1.165, 1.54) is 128 Å². The highest BCUT2D eigenvalue weighted by molar-refractivity contribution is 7.47. The fraction of sp³-hybridized carbons (Fsp3) is 0.800. The molecular weight excluding hydrogens is 790 g/mol. The first-order valence-electron chi connectivity index (χ1n) is 24.7. The Hall–Kier alpha value is -2.07. The molecule has 356 valence electrons. The van der Waals surface area contributed by atoms with Crippen molar-refractivity contribution in [3.63, 3.8) is 0 Å². The fourth-order valence-corrected chi connectivity index (χ4v) is 7.61. The molecule has 0 radical (unpaired) electrons. The van der Waals surface area contributed by atoms with E-state index in [1.807, 2.05) is 0 Å². The lowest BCUT2D eigenvalue weighted by atomic mass is 10.0. The zero-order chi connectivity index (χ0) is 44.8. The standard InChI is InChI=1S/C50H92NO9P/c1-3-5-7-9-11-13-15-17-19-21-23-25-27-29-31-33-35-37-39-41-43-57-44-47(45-58-61(55,56)59-46-48(51)50(53)54)60-49(52)42-40-38-36-34-32-30-28-26-24-22-20-18-16-14-12-10-8-6-4-2/h5,7,11,13,17,19,23,25,47-48H,3-4,6,8-10,12,14-16,18,20-22,24,26-46,51H2,1-2H3,(H,53,54)(H,55,56)/b7-5-,13-11-,19-17-,25-23-. The van der Waals surface area contributed by atoms with Gasteiger partial charge in [-0.15, -0.1) is 0 Å². The number of ether oxygens (including phenoxy) is 2. The molecule has 0 rings (SSSR count). The van der Waals surface area contributed by atoms with Gasteiger partial charge in [-0.3, -0.25) is 18.6 Å². The van der Waals surface area contributed by atoms with Crippen LogP contribution < -0.4 is 5.73 Å². The van der Waals surface area contributed by atoms with Crippen molar-refractivity contribution in [2.75, 3.05) is 26.4 Å². The fourth-order valence-electron chi connectivity index (χ4n) is 6.83. The van der Waals surface area contributed by atoms with E-state index in [1.54, 1.807) is 0 Å². The second-order valence-corrected chi connectivity index (χ2v) is 18.0. The van der Waals surface area contributed by atoms with Gasteiger partial charge in [0.15, 0.2) is 0 Å². The highest BCUT2D eigenvalue weighted by Crippen LogP contribution is 2.43. The Morgan fingerprint density at radius 1 is 0.541 bits per heavy atom. The smallest absolute Gasteiger partial charge is 0.472 e. The van der Waals surface area contributed by atoms with Crippen molar-refractivity contribution in [3.05, 3.63) is 48.6 Å². The first-order valence-corrected chi connectivity index (χ1v) is 26.2. The van der Waals surface area contributed by atoms with Crippen molar-refractivity contribution >= 4 is 19.8 Å². The van der Waals surface area contributed by atoms with Gasteiger partial charge in [0.05, 0.1) is 19.8 Å². The van der Waals surface area contributed by atoms with Gasteiger partial charge in [-0.1, -0.05) is 210 Å². The minimum atomic E-state index is -4.62. The van der Waals surface area contributed by atoms with E-state index in [2.05, 4.69) is 62.5 Å². The van der Waals surface area contributed by atoms with Gasteiger partial charge in [0.25, 0.3) is 0 Å². The molecule has 3 atom stereocenters. The maximum Gasteiger partial charge on any atom is 0.472 e. The van der Waals surface area contributed by atoms with Crippen molar-refractivity contribution in [1.29, 1.82) is 0 Å². The summed E-state index contributed by atoms with van der Waals surface area (Å²) in [5, 5.41) is 8.92. The summed E-state index contributed by atoms with van der Waals surface area (Å²) in [6.07, 6.45) is 54.5. The Balaban J connectivity index is 4.17. The highest BCUT2D eigenvalue weighted by Gasteiger charge is 2.27. The van der Waals surface area contributed by atoms with Gasteiger partial charge in [-0.25, -0.2) is 4.57 Å². The molecule has 0 amide bonds. The number of unbranched alkanes of at least 4 members (excludes halogenated alkanes) is 25. The Kier molecular flexibility index (Phi) is 44.4. The molecule has 61 heavy (non-hydrogen) atoms. The van der Waals surface area contributed by atoms with Crippen LogP contribution >= 0.6 is 7.82 Å². The number of aliphatic carboxylic acids is 1. The Morgan fingerprint density at radius 2 is 0.951 bits per heavy atom. The van der Waals surface area contributed by atoms with E-state index in [0.717, 1.165) is 64.2 Å². The van der Waals surface area contributed by atoms with Gasteiger partial charge in [-0.2, -0.15) is 0 Å². The SMILES string of the molecule is CC/C=C\C/C=C\C/C=C\C/C=C\CCCCCCCCCOCC(COP(=O)(O)OCC(N)C(=O)O)OC(=O)CCCCCCCCCCCCCCCCCCCCC. The molecule has 0 saturated carbocycles. The quantitative estimate of drug-likeness (QED) is 0.0233. The normalized spacial score (nSPS) is 14.2. The number of rotatable bonds is 47. The second-order valence-electron chi connectivity index (χ2n) is 16.6. The number of carboxylic acids is 1. The van der Waals surface area contributed by atoms with Crippen molar-refractivity contribution in [3.8, 4) is 0 Å². The number of phosphoric acid groups is 1. The Morgan fingerprint density at radius 3 is 1.43 bits per heavy atom. The topological polar surface area (TPSA) is 155 Å². The average molecular weight is 882 g/mol. The first-order chi connectivity index (χ1) is 29.7. The molecule has 0 aliphatic carbocycles. The number of nitrogens with two attached hydrogens (primary N) is 1. The molecule has 10 nitrogen and oxygen atoms in total. The molecule has 0 aromatic rings. The number of carbonyl (C=O) groups excluding carboxylic acids is 1. The molecule has 0 bridgehead atoms. The van der Waals surface area contributed by atoms with Crippen molar-refractivity contribution in [2.45, 2.75) is 231 Å². The Bertz CT molecular complexity index is 1160. The molecule has 0 aliphatic rings. The van der Waals surface area contributed by atoms with E-state index >= 15 is 0 Å². The molecule has 0 heterocycles. The molecule has 0 saturated heterocycles. The van der Waals surface area contributed by atoms with Gasteiger partial charge in [0.1, 0.15) is 12.1 Å². The van der Waals surface area contributed by atoms with Gasteiger partial charge in [0.2, 0.25) is 0 Å². The maximum atomic E-state index is 12.7. The summed E-state index contributed by atoms with van der Waals surface area (Å²) in [7, 11) is -4.62. The zero-order valence-corrected chi connectivity index (χ0v) is 39.9. The van der Waals surface area contributed by atoms with Crippen LogP contribution in [0.25, 0.3) is 0 Å². The number of carbonyl (C=O) groups is 2. The molecule has 0 aromatic carbocycles. The zero-order valence-electron chi connectivity index (χ0n) is 39.0. The lowest BCUT2D eigenvalue weighted by molar-refractivity contribution is -0.154. The van der Waals surface area contributed by atoms with Crippen LogP contribution in [0.2, 0.25) is 0 Å². The number of carboxylic acid groups (broad SMARTS) is 1. The molecular formula is C50H92NO9P. The lowest BCUT2D eigenvalue weighted by Gasteiger charge is -2.20. The summed E-state index contributed by atoms with van der Waals surface area (Å²) in [6, 6.07) is -1.48. The predicted octanol–water partition coefficient (Wildman–Crippen LogP) is 14.2. The third-order valence-electron chi connectivity index (χ3n) is 10.6. The van der Waals surface area contributed by atoms with Crippen LogP contribution in [0.4, 0.5) is 0 Å². The molecule has 11 heteroatoms. The summed E-state index contributed by atoms with van der Waals surface area (Å²) in [5.41, 5.74) is 5.37. The van der Waals surface area contributed by atoms with E-state index in [-0.39, 0.29) is 13.0 Å². The number of hydrogen-bond acceptors (Lipinski definition) is 8. The van der Waals surface area contributed by atoms with Crippen LogP contribution in [0.5, 0.6) is 0 Å². The van der Waals surface area contributed by atoms with Gasteiger partial charge in [-0.05, 0) is 51.4 Å². The highest BCUT2D eigenvalue weighted by atomic mass is 31.2. The number of phosphoric ester groups is 1. The maximum absolute atomic E-state index is 12.7. The summed E-state index contributed by atoms with van der Waals surface area (Å²) in [5.74, 6) is -1.78. The monoisotopic (exact) mass is 882 g/mol. The van der Waals surface area contributed by atoms with Crippen molar-refractivity contribution in [1.82, 2.24) is 0 Å². The van der Waals surface area contributed by atoms with E-state index in [4.69, 9.17) is 29.4 Å². The van der Waals surface area contributed by atoms with Gasteiger partial charge >= 0.3 is 19.8 Å². The summed E-state index contributed by atoms with van der Waals surface area (Å²) in [4.78, 5) is 33.7. The minimum Gasteiger partial charge on any atom is -0.480 e. The molecule has 3 unspecified atom stereocenters. The van der Waals surface area contributed by atoms with Crippen LogP contribution in [0.15, 0.2) is 48.6 Å². The summed E-state index contributed by atoms with van der Waals surface area (Å²) >= 11 is 0. The van der Waals surface area contributed by atoms with E-state index in [9.17, 15) is 19.0 Å². The third-order valence-corrected chi connectivity index (χ3v) is 11.6. The molecule has 0 aromatic heterocycles. The molecule has 0 aliphatic heterocycles. The molecule has 4 N–H and O–H groups in total. The van der Waals surface area contributed by atoms with E-state index in [0.29, 0.717) is 13.0 Å². The largest absolute Gasteiger partial charge is 0.480 e. The number of esters is 1. The van der Waals surface area contributed by atoms with Gasteiger partial charge < -0.3 is 25.2 Å². The first kappa shape index (κ1) is 58.9. The van der Waals surface area contributed by atoms with Crippen LogP contribution in [0.1, 0.15) is 219 Å². The minimum absolute atomic E-state index is 0.0108. The predicted molar refractivity (Wildman–Crippen MR) is 254 cm³/mol. The van der Waals surface area contributed by atoms with Crippen molar-refractivity contribution in [2.24, 2.45) is 5.73 Å². The van der Waals surface area contributed by atoms with Crippen LogP contribution in [0.3, 0.4) is 0 Å². The Labute approximate surface area is 373 Å². The number of hydrogen-bond donors (Lipinski definition) is 3. The van der Waals surface area contributed by atoms with E-state index < -0.39 is 45.1 Å². The second kappa shape index (κ2) is 45.9. The van der Waals surface area contributed by atoms with Crippen LogP contribution in [0, 0.1) is 0 Å². The van der Waals surface area contributed by atoms with Crippen LogP contribution in [-0.4, -0.2) is 60.5 Å². The summed E-state index contributed by atoms with van der Waals surface area (Å²) in [6.45, 7) is 3.78. The lowest BCUT2D eigenvalue weighted by Crippen LogP contribution is -2.34. The average Bonchev–Trinajstić information content (AvgIpc) is 3.24. The molecule has 0 spiro atoms. The number of allylic oxidation sites excluding steroid dienone is 8. The van der Waals surface area contributed by atoms with Gasteiger partial charge in [0, 0.05) is 13.0 Å². The summed E-state index contributed by atoms with van der Waals surface area (Å²) < 4.78 is 33.5. The molecule has 0 fully saturated rings. The third kappa shape index (κ3) is 45.8. The van der Waals surface area contributed by atoms with Crippen LogP contribution in [-0.2, 0) is 32.7 Å².